The third kappa shape index (κ3) is 5.05. The molecule has 2 aliphatic heterocycles. The number of ether oxygens (including phenoxy) is 3. The van der Waals surface area contributed by atoms with Gasteiger partial charge in [-0.05, 0) is 45.4 Å². The number of para-hydroxylation sites is 1. The summed E-state index contributed by atoms with van der Waals surface area (Å²) in [5.41, 5.74) is 3.31. The average Bonchev–Trinajstić information content (AvgIpc) is 3.19. The molecular formula is C29H33N3O5. The lowest BCUT2D eigenvalue weighted by Gasteiger charge is -2.44. The van der Waals surface area contributed by atoms with Crippen molar-refractivity contribution in [2.24, 2.45) is 0 Å². The van der Waals surface area contributed by atoms with Crippen LogP contribution in [0.15, 0.2) is 54.6 Å². The molecule has 5 rings (SSSR count). The number of carbonyl (C=O) groups is 2. The normalized spacial score (nSPS) is 15.9. The second kappa shape index (κ2) is 9.57. The summed E-state index contributed by atoms with van der Waals surface area (Å²) in [5, 5.41) is 4.86. The number of esters is 1. The quantitative estimate of drug-likeness (QED) is 0.454. The zero-order valence-corrected chi connectivity index (χ0v) is 21.8. The highest BCUT2D eigenvalue weighted by Gasteiger charge is 2.47. The van der Waals surface area contributed by atoms with E-state index in [1.807, 2.05) is 82.3 Å². The van der Waals surface area contributed by atoms with Gasteiger partial charge < -0.3 is 19.1 Å². The molecular weight excluding hydrogens is 470 g/mol. The molecule has 1 saturated heterocycles. The van der Waals surface area contributed by atoms with Crippen molar-refractivity contribution in [1.82, 2.24) is 14.7 Å². The summed E-state index contributed by atoms with van der Waals surface area (Å²) >= 11 is 0. The Morgan fingerprint density at radius 3 is 2.41 bits per heavy atom. The third-order valence-electron chi connectivity index (χ3n) is 6.84. The largest absolute Gasteiger partial charge is 0.482 e. The Hall–Kier alpha value is -3.81. The molecule has 0 radical (unpaired) electrons. The highest BCUT2D eigenvalue weighted by molar-refractivity contribution is 5.76. The van der Waals surface area contributed by atoms with Gasteiger partial charge in [-0.1, -0.05) is 42.5 Å². The Balaban J connectivity index is 1.37. The number of carbonyl (C=O) groups excluding carboxylic acids is 2. The maximum absolute atomic E-state index is 12.8. The Kier molecular flexibility index (Phi) is 6.43. The molecule has 1 amide bonds. The number of piperidine rings is 1. The van der Waals surface area contributed by atoms with Crippen LogP contribution in [0.2, 0.25) is 0 Å². The number of rotatable bonds is 4. The number of benzene rings is 2. The highest BCUT2D eigenvalue weighted by Crippen LogP contribution is 2.50. The van der Waals surface area contributed by atoms with Crippen molar-refractivity contribution in [3.8, 4) is 17.0 Å². The van der Waals surface area contributed by atoms with Gasteiger partial charge in [0.05, 0.1) is 0 Å². The van der Waals surface area contributed by atoms with Crippen LogP contribution in [-0.2, 0) is 33.0 Å². The van der Waals surface area contributed by atoms with Crippen molar-refractivity contribution >= 4 is 12.1 Å². The van der Waals surface area contributed by atoms with Gasteiger partial charge in [0.25, 0.3) is 0 Å². The Labute approximate surface area is 217 Å². The first-order valence-corrected chi connectivity index (χ1v) is 12.7. The fourth-order valence-electron chi connectivity index (χ4n) is 5.16. The number of aromatic nitrogens is 2. The first-order chi connectivity index (χ1) is 17.7. The molecule has 8 heteroatoms. The van der Waals surface area contributed by atoms with Crippen molar-refractivity contribution in [1.29, 1.82) is 0 Å². The lowest BCUT2D eigenvalue weighted by atomic mass is 9.79. The van der Waals surface area contributed by atoms with Crippen molar-refractivity contribution in [2.45, 2.75) is 64.9 Å². The molecule has 3 aromatic rings. The summed E-state index contributed by atoms with van der Waals surface area (Å²) < 4.78 is 19.5. The van der Waals surface area contributed by atoms with E-state index in [1.165, 1.54) is 0 Å². The molecule has 37 heavy (non-hydrogen) atoms. The average molecular weight is 504 g/mol. The van der Waals surface area contributed by atoms with E-state index < -0.39 is 11.2 Å². The molecule has 1 aromatic heterocycles. The molecule has 0 aliphatic carbocycles. The van der Waals surface area contributed by atoms with E-state index in [9.17, 15) is 9.59 Å². The summed E-state index contributed by atoms with van der Waals surface area (Å²) in [6.45, 7) is 8.77. The minimum Gasteiger partial charge on any atom is -0.482 e. The number of hydrogen-bond donors (Lipinski definition) is 0. The summed E-state index contributed by atoms with van der Waals surface area (Å²) in [4.78, 5) is 27.1. The van der Waals surface area contributed by atoms with Gasteiger partial charge in [-0.15, -0.1) is 0 Å². The minimum atomic E-state index is -0.643. The van der Waals surface area contributed by atoms with E-state index in [4.69, 9.17) is 19.3 Å². The van der Waals surface area contributed by atoms with E-state index >= 15 is 0 Å². The molecule has 0 saturated carbocycles. The van der Waals surface area contributed by atoms with Crippen LogP contribution in [-0.4, -0.2) is 45.4 Å². The molecule has 2 aromatic carbocycles. The van der Waals surface area contributed by atoms with Crippen molar-refractivity contribution in [3.05, 3.63) is 71.4 Å². The smallest absolute Gasteiger partial charge is 0.410 e. The predicted molar refractivity (Wildman–Crippen MR) is 138 cm³/mol. The van der Waals surface area contributed by atoms with Crippen LogP contribution < -0.4 is 4.74 Å². The van der Waals surface area contributed by atoms with E-state index in [-0.39, 0.29) is 25.2 Å². The van der Waals surface area contributed by atoms with E-state index in [0.717, 1.165) is 33.8 Å². The van der Waals surface area contributed by atoms with Gasteiger partial charge >= 0.3 is 12.1 Å². The second-order valence-electron chi connectivity index (χ2n) is 10.7. The number of hydrogen-bond acceptors (Lipinski definition) is 6. The Morgan fingerprint density at radius 2 is 1.70 bits per heavy atom. The van der Waals surface area contributed by atoms with Crippen LogP contribution in [0.25, 0.3) is 11.3 Å². The molecule has 0 bridgehead atoms. The standard InChI is InChI=1S/C29H33N3O5/c1-20-25-26(30-32(20)18-24(33)37-28(2,3)4)22-12-8-9-13-23(22)36-29(25)14-16-31(17-15-29)27(34)35-19-21-10-6-5-7-11-21/h5-13H,14-19H2,1-4H3. The lowest BCUT2D eigenvalue weighted by Crippen LogP contribution is -2.49. The van der Waals surface area contributed by atoms with Crippen molar-refractivity contribution < 1.29 is 23.8 Å². The molecule has 194 valence electrons. The topological polar surface area (TPSA) is 82.9 Å². The van der Waals surface area contributed by atoms with E-state index in [0.29, 0.717) is 25.9 Å². The summed E-state index contributed by atoms with van der Waals surface area (Å²) in [6.07, 6.45) is 0.856. The Bertz CT molecular complexity index is 1300. The number of fused-ring (bicyclic) bond motifs is 4. The molecule has 0 unspecified atom stereocenters. The number of likely N-dealkylation sites (tertiary alicyclic amines) is 1. The number of nitrogens with zero attached hydrogens (tertiary/aromatic N) is 3. The monoisotopic (exact) mass is 503 g/mol. The fourth-order valence-corrected chi connectivity index (χ4v) is 5.16. The predicted octanol–water partition coefficient (Wildman–Crippen LogP) is 5.22. The first kappa shape index (κ1) is 24.9. The van der Waals surface area contributed by atoms with E-state index in [1.54, 1.807) is 9.58 Å². The van der Waals surface area contributed by atoms with Crippen LogP contribution in [0, 0.1) is 6.92 Å². The summed E-state index contributed by atoms with van der Waals surface area (Å²) in [7, 11) is 0. The minimum absolute atomic E-state index is 0.0201. The summed E-state index contributed by atoms with van der Waals surface area (Å²) in [6, 6.07) is 17.5. The fraction of sp³-hybridized carbons (Fsp3) is 0.414. The van der Waals surface area contributed by atoms with Crippen molar-refractivity contribution in [3.63, 3.8) is 0 Å². The third-order valence-corrected chi connectivity index (χ3v) is 6.84. The zero-order valence-electron chi connectivity index (χ0n) is 21.8. The maximum atomic E-state index is 12.8. The number of amides is 1. The first-order valence-electron chi connectivity index (χ1n) is 12.7. The second-order valence-corrected chi connectivity index (χ2v) is 10.7. The summed E-state index contributed by atoms with van der Waals surface area (Å²) in [5.74, 6) is 0.423. The van der Waals surface area contributed by atoms with Crippen LogP contribution >= 0.6 is 0 Å². The van der Waals surface area contributed by atoms with Crippen LogP contribution in [0.4, 0.5) is 4.79 Å². The van der Waals surface area contributed by atoms with Gasteiger partial charge in [0.15, 0.2) is 0 Å². The molecule has 3 heterocycles. The molecule has 0 atom stereocenters. The van der Waals surface area contributed by atoms with Crippen LogP contribution in [0.3, 0.4) is 0 Å². The SMILES string of the molecule is Cc1c2c(nn1CC(=O)OC(C)(C)C)-c1ccccc1OC21CCN(C(=O)OCc2ccccc2)CC1. The molecule has 2 aliphatic rings. The maximum Gasteiger partial charge on any atom is 0.410 e. The van der Waals surface area contributed by atoms with Gasteiger partial charge in [-0.2, -0.15) is 5.10 Å². The van der Waals surface area contributed by atoms with Gasteiger partial charge in [0.2, 0.25) is 0 Å². The van der Waals surface area contributed by atoms with Gasteiger partial charge in [-0.3, -0.25) is 9.48 Å². The van der Waals surface area contributed by atoms with Crippen molar-refractivity contribution in [2.75, 3.05) is 13.1 Å². The highest BCUT2D eigenvalue weighted by atomic mass is 16.6. The lowest BCUT2D eigenvalue weighted by molar-refractivity contribution is -0.155. The van der Waals surface area contributed by atoms with Crippen LogP contribution in [0.5, 0.6) is 5.75 Å². The molecule has 1 spiro atoms. The van der Waals surface area contributed by atoms with E-state index in [2.05, 4.69) is 0 Å². The molecule has 1 fully saturated rings. The molecule has 8 nitrogen and oxygen atoms in total. The van der Waals surface area contributed by atoms with Crippen LogP contribution in [0.1, 0.15) is 50.4 Å². The van der Waals surface area contributed by atoms with Gasteiger partial charge in [0.1, 0.15) is 35.8 Å². The zero-order chi connectivity index (χ0) is 26.2. The van der Waals surface area contributed by atoms with Gasteiger partial charge in [-0.25, -0.2) is 4.79 Å². The van der Waals surface area contributed by atoms with Gasteiger partial charge in [0, 0.05) is 42.8 Å². The molecule has 0 N–H and O–H groups in total. The Morgan fingerprint density at radius 1 is 1.03 bits per heavy atom.